The lowest BCUT2D eigenvalue weighted by molar-refractivity contribution is 0.0697. The van der Waals surface area contributed by atoms with Gasteiger partial charge in [-0.1, -0.05) is 42.5 Å². The first-order chi connectivity index (χ1) is 11.7. The van der Waals surface area contributed by atoms with Crippen molar-refractivity contribution in [1.29, 1.82) is 0 Å². The second kappa shape index (κ2) is 7.47. The van der Waals surface area contributed by atoms with Crippen LogP contribution in [-0.4, -0.2) is 11.1 Å². The molecule has 0 unspecified atom stereocenters. The van der Waals surface area contributed by atoms with E-state index in [2.05, 4.69) is 12.1 Å². The molecule has 0 saturated heterocycles. The van der Waals surface area contributed by atoms with Crippen LogP contribution in [-0.2, 0) is 12.8 Å². The fourth-order valence-electron chi connectivity index (χ4n) is 2.45. The Morgan fingerprint density at radius 1 is 0.708 bits per heavy atom. The second-order valence-electron chi connectivity index (χ2n) is 5.56. The van der Waals surface area contributed by atoms with Crippen molar-refractivity contribution >= 4 is 5.97 Å². The third kappa shape index (κ3) is 4.23. The minimum absolute atomic E-state index is 0.321. The monoisotopic (exact) mass is 318 g/mol. The van der Waals surface area contributed by atoms with Crippen LogP contribution >= 0.6 is 0 Å². The molecule has 120 valence electrons. The summed E-state index contributed by atoms with van der Waals surface area (Å²) < 4.78 is 5.78. The van der Waals surface area contributed by atoms with Gasteiger partial charge in [-0.25, -0.2) is 4.79 Å². The Morgan fingerprint density at radius 2 is 1.21 bits per heavy atom. The Hall–Kier alpha value is -3.07. The van der Waals surface area contributed by atoms with E-state index in [1.165, 1.54) is 5.56 Å². The highest BCUT2D eigenvalue weighted by Gasteiger charge is 2.02. The molecule has 0 saturated carbocycles. The van der Waals surface area contributed by atoms with Gasteiger partial charge in [0, 0.05) is 0 Å². The molecule has 0 atom stereocenters. The van der Waals surface area contributed by atoms with Gasteiger partial charge in [0.2, 0.25) is 0 Å². The van der Waals surface area contributed by atoms with Crippen LogP contribution in [0.4, 0.5) is 0 Å². The first-order valence-corrected chi connectivity index (χ1v) is 7.85. The first kappa shape index (κ1) is 15.8. The number of hydrogen-bond donors (Lipinski definition) is 1. The molecule has 24 heavy (non-hydrogen) atoms. The molecule has 3 aromatic carbocycles. The molecule has 0 bridgehead atoms. The average molecular weight is 318 g/mol. The van der Waals surface area contributed by atoms with E-state index >= 15 is 0 Å². The minimum Gasteiger partial charge on any atom is -0.478 e. The SMILES string of the molecule is O=C(O)c1ccc(CCc2ccc(Oc3ccccc3)cc2)cc1. The Labute approximate surface area is 141 Å². The van der Waals surface area contributed by atoms with Gasteiger partial charge in [0.05, 0.1) is 5.56 Å². The molecule has 3 rings (SSSR count). The molecule has 3 nitrogen and oxygen atoms in total. The number of hydrogen-bond acceptors (Lipinski definition) is 2. The molecule has 0 aromatic heterocycles. The Kier molecular flexibility index (Phi) is 4.92. The molecule has 0 fully saturated rings. The van der Waals surface area contributed by atoms with Crippen LogP contribution in [0, 0.1) is 0 Å². The average Bonchev–Trinajstić information content (AvgIpc) is 2.62. The molecule has 0 radical (unpaired) electrons. The van der Waals surface area contributed by atoms with Gasteiger partial charge in [0.15, 0.2) is 0 Å². The summed E-state index contributed by atoms with van der Waals surface area (Å²) in [6, 6.07) is 24.8. The lowest BCUT2D eigenvalue weighted by Crippen LogP contribution is -1.97. The van der Waals surface area contributed by atoms with Gasteiger partial charge < -0.3 is 9.84 Å². The molecule has 0 amide bonds. The zero-order valence-corrected chi connectivity index (χ0v) is 13.2. The number of para-hydroxylation sites is 1. The smallest absolute Gasteiger partial charge is 0.335 e. The largest absolute Gasteiger partial charge is 0.478 e. The van der Waals surface area contributed by atoms with Crippen LogP contribution in [0.2, 0.25) is 0 Å². The van der Waals surface area contributed by atoms with Gasteiger partial charge in [-0.05, 0) is 60.4 Å². The molecule has 0 aliphatic heterocycles. The van der Waals surface area contributed by atoms with Gasteiger partial charge in [-0.15, -0.1) is 0 Å². The van der Waals surface area contributed by atoms with Crippen molar-refractivity contribution < 1.29 is 14.6 Å². The van der Waals surface area contributed by atoms with E-state index in [4.69, 9.17) is 9.84 Å². The van der Waals surface area contributed by atoms with E-state index in [1.54, 1.807) is 12.1 Å². The molecule has 3 aromatic rings. The summed E-state index contributed by atoms with van der Waals surface area (Å²) in [6.45, 7) is 0. The van der Waals surface area contributed by atoms with Crippen LogP contribution in [0.1, 0.15) is 21.5 Å². The number of aromatic carboxylic acids is 1. The Bertz CT molecular complexity index is 791. The van der Waals surface area contributed by atoms with Crippen LogP contribution in [0.5, 0.6) is 11.5 Å². The topological polar surface area (TPSA) is 46.5 Å². The van der Waals surface area contributed by atoms with Gasteiger partial charge in [-0.2, -0.15) is 0 Å². The number of rotatable bonds is 6. The zero-order valence-electron chi connectivity index (χ0n) is 13.2. The van der Waals surface area contributed by atoms with Crippen LogP contribution in [0.15, 0.2) is 78.9 Å². The molecule has 0 aliphatic rings. The van der Waals surface area contributed by atoms with E-state index in [-0.39, 0.29) is 0 Å². The van der Waals surface area contributed by atoms with Crippen molar-refractivity contribution in [3.8, 4) is 11.5 Å². The van der Waals surface area contributed by atoms with Crippen molar-refractivity contribution in [2.75, 3.05) is 0 Å². The summed E-state index contributed by atoms with van der Waals surface area (Å²) in [7, 11) is 0. The quantitative estimate of drug-likeness (QED) is 0.698. The van der Waals surface area contributed by atoms with Gasteiger partial charge in [-0.3, -0.25) is 0 Å². The lowest BCUT2D eigenvalue weighted by Gasteiger charge is -2.07. The van der Waals surface area contributed by atoms with E-state index in [0.717, 1.165) is 29.9 Å². The maximum absolute atomic E-state index is 10.8. The highest BCUT2D eigenvalue weighted by Crippen LogP contribution is 2.21. The number of carboxylic acid groups (broad SMARTS) is 1. The lowest BCUT2D eigenvalue weighted by atomic mass is 10.0. The summed E-state index contributed by atoms with van der Waals surface area (Å²) in [5, 5.41) is 8.90. The maximum Gasteiger partial charge on any atom is 0.335 e. The number of carbonyl (C=O) groups is 1. The third-order valence-corrected chi connectivity index (χ3v) is 3.81. The zero-order chi connectivity index (χ0) is 16.8. The predicted molar refractivity (Wildman–Crippen MR) is 93.8 cm³/mol. The number of aryl methyl sites for hydroxylation is 2. The van der Waals surface area contributed by atoms with Gasteiger partial charge in [0.25, 0.3) is 0 Å². The Balaban J connectivity index is 1.57. The van der Waals surface area contributed by atoms with Crippen LogP contribution < -0.4 is 4.74 Å². The third-order valence-electron chi connectivity index (χ3n) is 3.81. The fourth-order valence-corrected chi connectivity index (χ4v) is 2.45. The molecular weight excluding hydrogens is 300 g/mol. The number of carboxylic acids is 1. The van der Waals surface area contributed by atoms with Crippen molar-refractivity contribution in [1.82, 2.24) is 0 Å². The number of benzene rings is 3. The van der Waals surface area contributed by atoms with Crippen LogP contribution in [0.25, 0.3) is 0 Å². The maximum atomic E-state index is 10.8. The second-order valence-corrected chi connectivity index (χ2v) is 5.56. The van der Waals surface area contributed by atoms with E-state index in [0.29, 0.717) is 5.56 Å². The van der Waals surface area contributed by atoms with Crippen molar-refractivity contribution in [3.63, 3.8) is 0 Å². The van der Waals surface area contributed by atoms with Crippen molar-refractivity contribution in [2.24, 2.45) is 0 Å². The minimum atomic E-state index is -0.893. The molecule has 0 heterocycles. The van der Waals surface area contributed by atoms with E-state index in [9.17, 15) is 4.79 Å². The molecule has 0 spiro atoms. The van der Waals surface area contributed by atoms with Crippen molar-refractivity contribution in [2.45, 2.75) is 12.8 Å². The van der Waals surface area contributed by atoms with Crippen LogP contribution in [0.3, 0.4) is 0 Å². The normalized spacial score (nSPS) is 10.3. The Morgan fingerprint density at radius 3 is 1.75 bits per heavy atom. The summed E-state index contributed by atoms with van der Waals surface area (Å²) in [6.07, 6.45) is 1.77. The molecule has 3 heteroatoms. The standard InChI is InChI=1S/C21H18O3/c22-21(23)18-12-8-16(9-13-18)6-7-17-10-14-20(15-11-17)24-19-4-2-1-3-5-19/h1-5,8-15H,6-7H2,(H,22,23). The number of ether oxygens (including phenoxy) is 1. The molecule has 1 N–H and O–H groups in total. The van der Waals surface area contributed by atoms with Gasteiger partial charge in [0.1, 0.15) is 11.5 Å². The molecular formula is C21H18O3. The fraction of sp³-hybridized carbons (Fsp3) is 0.0952. The van der Waals surface area contributed by atoms with E-state index < -0.39 is 5.97 Å². The highest BCUT2D eigenvalue weighted by atomic mass is 16.5. The summed E-state index contributed by atoms with van der Waals surface area (Å²) >= 11 is 0. The summed E-state index contributed by atoms with van der Waals surface area (Å²) in [5.41, 5.74) is 2.67. The highest BCUT2D eigenvalue weighted by molar-refractivity contribution is 5.87. The molecule has 0 aliphatic carbocycles. The van der Waals surface area contributed by atoms with Gasteiger partial charge >= 0.3 is 5.97 Å². The summed E-state index contributed by atoms with van der Waals surface area (Å²) in [5.74, 6) is 0.745. The summed E-state index contributed by atoms with van der Waals surface area (Å²) in [4.78, 5) is 10.8. The van der Waals surface area contributed by atoms with E-state index in [1.807, 2.05) is 54.6 Å². The first-order valence-electron chi connectivity index (χ1n) is 7.85. The van der Waals surface area contributed by atoms with Crippen molar-refractivity contribution in [3.05, 3.63) is 95.6 Å². The predicted octanol–water partition coefficient (Wildman–Crippen LogP) is 4.96.